The van der Waals surface area contributed by atoms with Crippen LogP contribution in [-0.4, -0.2) is 37.8 Å². The number of benzene rings is 1. The van der Waals surface area contributed by atoms with Gasteiger partial charge >= 0.3 is 6.18 Å². The van der Waals surface area contributed by atoms with Crippen LogP contribution in [-0.2, 0) is 27.4 Å². The van der Waals surface area contributed by atoms with Gasteiger partial charge < -0.3 is 4.90 Å². The Labute approximate surface area is 133 Å². The van der Waals surface area contributed by atoms with Crippen molar-refractivity contribution in [1.29, 1.82) is 0 Å². The second-order valence-corrected chi connectivity index (χ2v) is 8.15. The summed E-state index contributed by atoms with van der Waals surface area (Å²) >= 11 is 0. The fourth-order valence-electron chi connectivity index (χ4n) is 2.60. The normalized spacial score (nSPS) is 20.4. The fraction of sp³-hybridized carbons (Fsp3) is 0.533. The molecular formula is C15H18F3NO3S. The maximum absolute atomic E-state index is 12.5. The topological polar surface area (TPSA) is 54.5 Å². The van der Waals surface area contributed by atoms with Crippen molar-refractivity contribution < 1.29 is 26.4 Å². The summed E-state index contributed by atoms with van der Waals surface area (Å²) in [7, 11) is -1.46. The largest absolute Gasteiger partial charge is 0.416 e. The third-order valence-electron chi connectivity index (χ3n) is 3.92. The number of sulfone groups is 1. The number of halogens is 3. The molecule has 0 aliphatic carbocycles. The summed E-state index contributed by atoms with van der Waals surface area (Å²) in [5.41, 5.74) is -0.140. The van der Waals surface area contributed by atoms with Crippen LogP contribution < -0.4 is 0 Å². The molecule has 128 valence electrons. The number of alkyl halides is 3. The lowest BCUT2D eigenvalue weighted by molar-refractivity contribution is -0.137. The Morgan fingerprint density at radius 2 is 1.87 bits per heavy atom. The van der Waals surface area contributed by atoms with E-state index in [4.69, 9.17) is 0 Å². The van der Waals surface area contributed by atoms with E-state index in [1.54, 1.807) is 7.05 Å². The molecule has 1 aromatic carbocycles. The molecule has 1 atom stereocenters. The second-order valence-electron chi connectivity index (χ2n) is 5.92. The van der Waals surface area contributed by atoms with Crippen LogP contribution in [0, 0.1) is 5.92 Å². The highest BCUT2D eigenvalue weighted by molar-refractivity contribution is 7.91. The van der Waals surface area contributed by atoms with Gasteiger partial charge in [0.2, 0.25) is 5.91 Å². The predicted octanol–water partition coefficient (Wildman–Crippen LogP) is 2.49. The molecule has 0 saturated carbocycles. The minimum atomic E-state index is -4.38. The van der Waals surface area contributed by atoms with E-state index in [1.807, 2.05) is 0 Å². The molecule has 1 heterocycles. The SMILES string of the molecule is CN(Cc1ccc(C(F)(F)F)cc1)C(=O)CC1CCS(=O)(=O)C1. The fourth-order valence-corrected chi connectivity index (χ4v) is 4.46. The molecular weight excluding hydrogens is 331 g/mol. The van der Waals surface area contributed by atoms with Crippen LogP contribution >= 0.6 is 0 Å². The number of hydrogen-bond donors (Lipinski definition) is 0. The lowest BCUT2D eigenvalue weighted by atomic mass is 10.0. The van der Waals surface area contributed by atoms with Crippen molar-refractivity contribution in [2.45, 2.75) is 25.6 Å². The van der Waals surface area contributed by atoms with E-state index in [2.05, 4.69) is 0 Å². The van der Waals surface area contributed by atoms with Gasteiger partial charge in [0, 0.05) is 20.0 Å². The van der Waals surface area contributed by atoms with Crippen molar-refractivity contribution in [3.05, 3.63) is 35.4 Å². The molecule has 2 rings (SSSR count). The summed E-state index contributed by atoms with van der Waals surface area (Å²) < 4.78 is 60.2. The molecule has 0 spiro atoms. The average Bonchev–Trinajstić information content (AvgIpc) is 2.77. The van der Waals surface area contributed by atoms with Crippen LogP contribution in [0.4, 0.5) is 13.2 Å². The highest BCUT2D eigenvalue weighted by atomic mass is 32.2. The molecule has 0 bridgehead atoms. The first kappa shape index (κ1) is 17.8. The average molecular weight is 349 g/mol. The lowest BCUT2D eigenvalue weighted by Crippen LogP contribution is -2.28. The molecule has 1 aliphatic rings. The summed E-state index contributed by atoms with van der Waals surface area (Å²) in [5, 5.41) is 0. The molecule has 1 aromatic rings. The summed E-state index contributed by atoms with van der Waals surface area (Å²) in [6, 6.07) is 4.65. The number of rotatable bonds is 4. The lowest BCUT2D eigenvalue weighted by Gasteiger charge is -2.19. The molecule has 1 unspecified atom stereocenters. The summed E-state index contributed by atoms with van der Waals surface area (Å²) in [4.78, 5) is 13.5. The minimum absolute atomic E-state index is 0.0346. The van der Waals surface area contributed by atoms with E-state index < -0.39 is 21.6 Å². The summed E-state index contributed by atoms with van der Waals surface area (Å²) in [6.45, 7) is 0.191. The van der Waals surface area contributed by atoms with Gasteiger partial charge in [-0.1, -0.05) is 12.1 Å². The molecule has 8 heteroatoms. The Morgan fingerprint density at radius 1 is 1.26 bits per heavy atom. The first-order valence-corrected chi connectivity index (χ1v) is 8.99. The van der Waals surface area contributed by atoms with Crippen LogP contribution in [0.25, 0.3) is 0 Å². The summed E-state index contributed by atoms with van der Waals surface area (Å²) in [5.74, 6) is -0.213. The molecule has 0 radical (unpaired) electrons. The number of hydrogen-bond acceptors (Lipinski definition) is 3. The zero-order valence-electron chi connectivity index (χ0n) is 12.6. The predicted molar refractivity (Wildman–Crippen MR) is 79.3 cm³/mol. The van der Waals surface area contributed by atoms with Gasteiger partial charge in [-0.15, -0.1) is 0 Å². The second kappa shape index (κ2) is 6.51. The molecule has 23 heavy (non-hydrogen) atoms. The molecule has 1 fully saturated rings. The van der Waals surface area contributed by atoms with Crippen molar-refractivity contribution in [3.63, 3.8) is 0 Å². The Kier molecular flexibility index (Phi) is 5.03. The van der Waals surface area contributed by atoms with Gasteiger partial charge in [0.1, 0.15) is 0 Å². The monoisotopic (exact) mass is 349 g/mol. The standard InChI is InChI=1S/C15H18F3NO3S/c1-19(14(20)8-12-6-7-23(21,22)10-12)9-11-2-4-13(5-3-11)15(16,17)18/h2-5,12H,6-10H2,1H3. The minimum Gasteiger partial charge on any atom is -0.341 e. The maximum Gasteiger partial charge on any atom is 0.416 e. The van der Waals surface area contributed by atoms with Gasteiger partial charge in [-0.05, 0) is 30.0 Å². The van der Waals surface area contributed by atoms with Crippen molar-refractivity contribution in [3.8, 4) is 0 Å². The third-order valence-corrected chi connectivity index (χ3v) is 5.75. The van der Waals surface area contributed by atoms with E-state index in [-0.39, 0.29) is 36.3 Å². The van der Waals surface area contributed by atoms with Crippen LogP contribution in [0.15, 0.2) is 24.3 Å². The Bertz CT molecular complexity index is 668. The Balaban J connectivity index is 1.91. The van der Waals surface area contributed by atoms with E-state index >= 15 is 0 Å². The molecule has 1 aliphatic heterocycles. The van der Waals surface area contributed by atoms with E-state index in [9.17, 15) is 26.4 Å². The van der Waals surface area contributed by atoms with Crippen molar-refractivity contribution in [1.82, 2.24) is 4.90 Å². The smallest absolute Gasteiger partial charge is 0.341 e. The van der Waals surface area contributed by atoms with E-state index in [1.165, 1.54) is 17.0 Å². The van der Waals surface area contributed by atoms with Gasteiger partial charge in [0.05, 0.1) is 17.1 Å². The van der Waals surface area contributed by atoms with Gasteiger partial charge in [0.25, 0.3) is 0 Å². The van der Waals surface area contributed by atoms with E-state index in [0.29, 0.717) is 12.0 Å². The van der Waals surface area contributed by atoms with Crippen LogP contribution in [0.5, 0.6) is 0 Å². The van der Waals surface area contributed by atoms with E-state index in [0.717, 1.165) is 12.1 Å². The van der Waals surface area contributed by atoms with Gasteiger partial charge in [0.15, 0.2) is 9.84 Å². The first-order chi connectivity index (χ1) is 10.6. The van der Waals surface area contributed by atoms with Crippen LogP contribution in [0.3, 0.4) is 0 Å². The van der Waals surface area contributed by atoms with Gasteiger partial charge in [-0.25, -0.2) is 8.42 Å². The zero-order chi connectivity index (χ0) is 17.3. The first-order valence-electron chi connectivity index (χ1n) is 7.17. The number of carbonyl (C=O) groups is 1. The summed E-state index contributed by atoms with van der Waals surface area (Å²) in [6.07, 6.45) is -3.74. The number of amides is 1. The van der Waals surface area contributed by atoms with Crippen molar-refractivity contribution >= 4 is 15.7 Å². The quantitative estimate of drug-likeness (QED) is 0.839. The molecule has 1 amide bonds. The highest BCUT2D eigenvalue weighted by Crippen LogP contribution is 2.29. The third kappa shape index (κ3) is 4.95. The highest BCUT2D eigenvalue weighted by Gasteiger charge is 2.31. The maximum atomic E-state index is 12.5. The molecule has 0 aromatic heterocycles. The Hall–Kier alpha value is -1.57. The van der Waals surface area contributed by atoms with Gasteiger partial charge in [-0.3, -0.25) is 4.79 Å². The molecule has 1 saturated heterocycles. The van der Waals surface area contributed by atoms with Gasteiger partial charge in [-0.2, -0.15) is 13.2 Å². The number of carbonyl (C=O) groups excluding carboxylic acids is 1. The molecule has 4 nitrogen and oxygen atoms in total. The van der Waals surface area contributed by atoms with Crippen molar-refractivity contribution in [2.24, 2.45) is 5.92 Å². The number of nitrogens with zero attached hydrogens (tertiary/aromatic N) is 1. The van der Waals surface area contributed by atoms with Crippen LogP contribution in [0.2, 0.25) is 0 Å². The van der Waals surface area contributed by atoms with Crippen LogP contribution in [0.1, 0.15) is 24.0 Å². The van der Waals surface area contributed by atoms with Crippen molar-refractivity contribution in [2.75, 3.05) is 18.6 Å². The zero-order valence-corrected chi connectivity index (χ0v) is 13.5. The Morgan fingerprint density at radius 3 is 2.35 bits per heavy atom. The molecule has 0 N–H and O–H groups in total.